The van der Waals surface area contributed by atoms with Gasteiger partial charge < -0.3 is 19.7 Å². The van der Waals surface area contributed by atoms with Crippen molar-refractivity contribution in [3.63, 3.8) is 0 Å². The lowest BCUT2D eigenvalue weighted by molar-refractivity contribution is 0.331. The van der Waals surface area contributed by atoms with Crippen molar-refractivity contribution in [3.8, 4) is 34.5 Å². The fourth-order valence-corrected chi connectivity index (χ4v) is 5.94. The van der Waals surface area contributed by atoms with Gasteiger partial charge in [-0.05, 0) is 63.0 Å². The number of benzene rings is 2. The van der Waals surface area contributed by atoms with Gasteiger partial charge in [0.05, 0.1) is 0 Å². The van der Waals surface area contributed by atoms with Crippen LogP contribution in [0.15, 0.2) is 12.1 Å². The Bertz CT molecular complexity index is 1040. The molecule has 1 aliphatic rings. The molecule has 3 rings (SSSR count). The predicted molar refractivity (Wildman–Crippen MR) is 168 cm³/mol. The summed E-state index contributed by atoms with van der Waals surface area (Å²) in [6.45, 7) is 8.91. The Morgan fingerprint density at radius 3 is 1.35 bits per heavy atom. The molecule has 0 fully saturated rings. The molecule has 2 N–H and O–H groups in total. The Morgan fingerprint density at radius 1 is 0.450 bits per heavy atom. The summed E-state index contributed by atoms with van der Waals surface area (Å²) in [5.74, 6) is 2.76. The van der Waals surface area contributed by atoms with Crippen LogP contribution in [0.3, 0.4) is 0 Å². The summed E-state index contributed by atoms with van der Waals surface area (Å²) in [6, 6.07) is 4.30. The molecule has 0 bridgehead atoms. The Hall–Kier alpha value is -2.36. The number of ether oxygens (including phenoxy) is 2. The van der Waals surface area contributed by atoms with Gasteiger partial charge in [-0.3, -0.25) is 0 Å². The lowest BCUT2D eigenvalue weighted by Gasteiger charge is -2.29. The van der Waals surface area contributed by atoms with E-state index in [4.69, 9.17) is 9.47 Å². The van der Waals surface area contributed by atoms with E-state index in [0.717, 1.165) is 82.1 Å². The molecule has 1 aliphatic heterocycles. The van der Waals surface area contributed by atoms with Crippen molar-refractivity contribution in [1.29, 1.82) is 0 Å². The molecule has 0 unspecified atom stereocenters. The molecule has 0 aliphatic carbocycles. The van der Waals surface area contributed by atoms with E-state index in [-0.39, 0.29) is 11.5 Å². The van der Waals surface area contributed by atoms with Gasteiger partial charge in [0.15, 0.2) is 34.5 Å². The molecule has 4 nitrogen and oxygen atoms in total. The smallest absolute Gasteiger partial charge is 0.177 e. The summed E-state index contributed by atoms with van der Waals surface area (Å²) in [7, 11) is 0. The van der Waals surface area contributed by atoms with Gasteiger partial charge in [-0.25, -0.2) is 0 Å². The molecule has 0 amide bonds. The fourth-order valence-electron chi connectivity index (χ4n) is 5.94. The zero-order valence-corrected chi connectivity index (χ0v) is 26.0. The molecule has 2 aromatic carbocycles. The van der Waals surface area contributed by atoms with Gasteiger partial charge in [0.25, 0.3) is 0 Å². The molecule has 2 aromatic rings. The Morgan fingerprint density at radius 2 is 0.875 bits per heavy atom. The molecule has 224 valence electrons. The van der Waals surface area contributed by atoms with Gasteiger partial charge in [0.1, 0.15) is 0 Å². The molecule has 0 saturated heterocycles. The summed E-state index contributed by atoms with van der Waals surface area (Å²) in [5, 5.41) is 22.4. The number of aromatic hydroxyl groups is 2. The topological polar surface area (TPSA) is 58.9 Å². The number of rotatable bonds is 20. The van der Waals surface area contributed by atoms with Gasteiger partial charge in [-0.2, -0.15) is 0 Å². The molecular weight excluding hydrogens is 496 g/mol. The summed E-state index contributed by atoms with van der Waals surface area (Å²) >= 11 is 0. The van der Waals surface area contributed by atoms with E-state index < -0.39 is 0 Å². The van der Waals surface area contributed by atoms with Gasteiger partial charge in [0.2, 0.25) is 0 Å². The number of phenolic OH excluding ortho intramolecular Hbond substituents is 2. The quantitative estimate of drug-likeness (QED) is 0.108. The first kappa shape index (κ1) is 32.2. The van der Waals surface area contributed by atoms with E-state index in [2.05, 4.69) is 39.8 Å². The van der Waals surface area contributed by atoms with Crippen LogP contribution in [0.2, 0.25) is 0 Å². The maximum absolute atomic E-state index is 11.2. The van der Waals surface area contributed by atoms with Crippen LogP contribution >= 0.6 is 0 Å². The zero-order valence-electron chi connectivity index (χ0n) is 26.0. The van der Waals surface area contributed by atoms with Crippen LogP contribution in [0.5, 0.6) is 34.5 Å². The average Bonchev–Trinajstić information content (AvgIpc) is 2.96. The van der Waals surface area contributed by atoms with Crippen molar-refractivity contribution in [2.24, 2.45) is 0 Å². The number of fused-ring (bicyclic) bond motifs is 2. The fraction of sp³-hybridized carbons (Fsp3) is 0.667. The molecule has 0 spiro atoms. The third-order valence-electron chi connectivity index (χ3n) is 8.43. The Kier molecular flexibility index (Phi) is 14.0. The number of hydrogen-bond donors (Lipinski definition) is 2. The highest BCUT2D eigenvalue weighted by molar-refractivity contribution is 5.70. The first-order valence-electron chi connectivity index (χ1n) is 16.7. The van der Waals surface area contributed by atoms with Crippen LogP contribution < -0.4 is 9.47 Å². The van der Waals surface area contributed by atoms with Crippen molar-refractivity contribution in [2.75, 3.05) is 0 Å². The Balaban J connectivity index is 2.01. The van der Waals surface area contributed by atoms with Gasteiger partial charge in [-0.15, -0.1) is 0 Å². The molecule has 0 aromatic heterocycles. The second kappa shape index (κ2) is 17.5. The number of unbranched alkanes of at least 4 members (excludes halogenated alkanes) is 12. The molecule has 4 heteroatoms. The van der Waals surface area contributed by atoms with Gasteiger partial charge >= 0.3 is 0 Å². The van der Waals surface area contributed by atoms with E-state index in [1.165, 1.54) is 56.1 Å². The second-order valence-electron chi connectivity index (χ2n) is 11.8. The van der Waals surface area contributed by atoms with Crippen LogP contribution in [0.4, 0.5) is 0 Å². The minimum atomic E-state index is -0.0277. The minimum absolute atomic E-state index is 0.0204. The third-order valence-corrected chi connectivity index (χ3v) is 8.43. The van der Waals surface area contributed by atoms with Crippen LogP contribution in [0.1, 0.15) is 153 Å². The average molecular weight is 553 g/mol. The van der Waals surface area contributed by atoms with E-state index in [1.807, 2.05) is 0 Å². The zero-order chi connectivity index (χ0) is 28.7. The summed E-state index contributed by atoms with van der Waals surface area (Å²) < 4.78 is 13.5. The van der Waals surface area contributed by atoms with Crippen molar-refractivity contribution < 1.29 is 19.7 Å². The summed E-state index contributed by atoms with van der Waals surface area (Å²) in [4.78, 5) is 0. The third kappa shape index (κ3) is 8.57. The van der Waals surface area contributed by atoms with E-state index >= 15 is 0 Å². The maximum atomic E-state index is 11.2. The summed E-state index contributed by atoms with van der Waals surface area (Å²) in [6.07, 6.45) is 21.8. The van der Waals surface area contributed by atoms with Crippen LogP contribution in [0, 0.1) is 0 Å². The summed E-state index contributed by atoms with van der Waals surface area (Å²) in [5.41, 5.74) is 4.01. The largest absolute Gasteiger partial charge is 0.504 e. The van der Waals surface area contributed by atoms with Crippen LogP contribution in [-0.2, 0) is 25.7 Å². The van der Waals surface area contributed by atoms with Crippen LogP contribution in [-0.4, -0.2) is 10.2 Å². The van der Waals surface area contributed by atoms with Crippen molar-refractivity contribution in [3.05, 3.63) is 34.4 Å². The van der Waals surface area contributed by atoms with E-state index in [1.54, 1.807) is 0 Å². The highest BCUT2D eigenvalue weighted by Crippen LogP contribution is 2.56. The highest BCUT2D eigenvalue weighted by atomic mass is 16.6. The molecule has 40 heavy (non-hydrogen) atoms. The molecule has 0 radical (unpaired) electrons. The minimum Gasteiger partial charge on any atom is -0.504 e. The number of phenols is 2. The lowest BCUT2D eigenvalue weighted by Crippen LogP contribution is -2.10. The molecule has 0 saturated carbocycles. The maximum Gasteiger partial charge on any atom is 0.177 e. The standard InChI is InChI=1S/C36H56O4/c1-5-9-13-17-21-27-25-26-31-34(28(27)22-18-14-10-6-2)40-36-30(24-20-16-12-8-4)33(38)32(37)29(35(36)39-31)23-19-15-11-7-3/h25-26,37-38H,5-24H2,1-4H3. The first-order chi connectivity index (χ1) is 19.6. The van der Waals surface area contributed by atoms with E-state index in [9.17, 15) is 10.2 Å². The molecule has 1 heterocycles. The molecule has 0 atom stereocenters. The lowest BCUT2D eigenvalue weighted by atomic mass is 9.93. The van der Waals surface area contributed by atoms with Crippen molar-refractivity contribution >= 4 is 0 Å². The predicted octanol–water partition coefficient (Wildman–Crippen LogP) is 11.5. The number of aryl methyl sites for hydroxylation is 1. The van der Waals surface area contributed by atoms with Crippen molar-refractivity contribution in [2.45, 2.75) is 156 Å². The SMILES string of the molecule is CCCCCCc1ccc2c(c1CCCCCC)Oc1c(CCCCCC)c(O)c(O)c(CCCCCC)c1O2. The van der Waals surface area contributed by atoms with E-state index in [0.29, 0.717) is 35.5 Å². The normalized spacial score (nSPS) is 12.1. The van der Waals surface area contributed by atoms with Crippen molar-refractivity contribution in [1.82, 2.24) is 0 Å². The monoisotopic (exact) mass is 552 g/mol. The number of hydrogen-bond acceptors (Lipinski definition) is 4. The first-order valence-corrected chi connectivity index (χ1v) is 16.7. The molecular formula is C36H56O4. The second-order valence-corrected chi connectivity index (χ2v) is 11.8. The Labute approximate surface area is 244 Å². The van der Waals surface area contributed by atoms with Crippen LogP contribution in [0.25, 0.3) is 0 Å². The highest BCUT2D eigenvalue weighted by Gasteiger charge is 2.32. The van der Waals surface area contributed by atoms with Gasteiger partial charge in [0, 0.05) is 16.7 Å². The van der Waals surface area contributed by atoms with Gasteiger partial charge in [-0.1, -0.05) is 111 Å².